The van der Waals surface area contributed by atoms with Crippen LogP contribution in [0, 0.1) is 0 Å². The molecule has 0 aromatic heterocycles. The molecule has 1 aliphatic carbocycles. The Balaban J connectivity index is 1.59. The second-order valence-electron chi connectivity index (χ2n) is 5.46. The molecule has 1 aliphatic heterocycles. The number of hydrogen-bond acceptors (Lipinski definition) is 4. The molecule has 1 saturated heterocycles. The van der Waals surface area contributed by atoms with Gasteiger partial charge in [-0.05, 0) is 30.5 Å². The fourth-order valence-electron chi connectivity index (χ4n) is 2.34. The van der Waals surface area contributed by atoms with Crippen LogP contribution in [0.15, 0.2) is 24.3 Å². The summed E-state index contributed by atoms with van der Waals surface area (Å²) in [6, 6.07) is 9.19. The van der Waals surface area contributed by atoms with Crippen molar-refractivity contribution in [3.05, 3.63) is 29.8 Å². The summed E-state index contributed by atoms with van der Waals surface area (Å²) in [4.78, 5) is 2.15. The summed E-state index contributed by atoms with van der Waals surface area (Å²) in [5.41, 5.74) is 2.42. The molecule has 0 spiro atoms. The first-order valence-electron chi connectivity index (χ1n) is 6.90. The van der Waals surface area contributed by atoms with Crippen LogP contribution < -0.4 is 10.2 Å². The highest BCUT2D eigenvalue weighted by Crippen LogP contribution is 2.21. The van der Waals surface area contributed by atoms with Crippen LogP contribution in [0.4, 0.5) is 5.69 Å². The molecular formula is C14H20N2O2S. The first-order valence-corrected chi connectivity index (χ1v) is 8.72. The maximum atomic E-state index is 11.4. The summed E-state index contributed by atoms with van der Waals surface area (Å²) in [6.07, 6.45) is 2.61. The molecule has 2 aliphatic rings. The minimum atomic E-state index is -2.79. The predicted octanol–water partition coefficient (Wildman–Crippen LogP) is 1.17. The smallest absolute Gasteiger partial charge is 0.153 e. The highest BCUT2D eigenvalue weighted by molar-refractivity contribution is 7.91. The monoisotopic (exact) mass is 280 g/mol. The largest absolute Gasteiger partial charge is 0.369 e. The van der Waals surface area contributed by atoms with Crippen molar-refractivity contribution in [1.29, 1.82) is 0 Å². The Morgan fingerprint density at radius 3 is 2.32 bits per heavy atom. The molecule has 19 heavy (non-hydrogen) atoms. The van der Waals surface area contributed by atoms with E-state index in [1.807, 2.05) is 0 Å². The van der Waals surface area contributed by atoms with Crippen molar-refractivity contribution in [2.75, 3.05) is 29.5 Å². The number of nitrogens with one attached hydrogen (secondary N) is 1. The highest BCUT2D eigenvalue weighted by atomic mass is 32.2. The zero-order valence-electron chi connectivity index (χ0n) is 11.0. The lowest BCUT2D eigenvalue weighted by atomic mass is 10.2. The van der Waals surface area contributed by atoms with Gasteiger partial charge in [-0.1, -0.05) is 12.1 Å². The van der Waals surface area contributed by atoms with Gasteiger partial charge in [0.15, 0.2) is 9.84 Å². The number of benzene rings is 1. The van der Waals surface area contributed by atoms with Crippen LogP contribution in [0.5, 0.6) is 0 Å². The third-order valence-corrected chi connectivity index (χ3v) is 5.43. The molecule has 1 aromatic carbocycles. The van der Waals surface area contributed by atoms with Crippen LogP contribution >= 0.6 is 0 Å². The number of anilines is 1. The molecule has 1 aromatic rings. The zero-order valence-corrected chi connectivity index (χ0v) is 11.8. The van der Waals surface area contributed by atoms with Crippen LogP contribution in [-0.2, 0) is 16.4 Å². The third-order valence-electron chi connectivity index (χ3n) is 3.82. The Morgan fingerprint density at radius 1 is 1.11 bits per heavy atom. The van der Waals surface area contributed by atoms with Crippen molar-refractivity contribution in [2.24, 2.45) is 0 Å². The Labute approximate surface area is 114 Å². The minimum absolute atomic E-state index is 0.276. The van der Waals surface area contributed by atoms with E-state index in [9.17, 15) is 8.42 Å². The molecule has 0 atom stereocenters. The molecule has 1 saturated carbocycles. The molecule has 0 bridgehead atoms. The van der Waals surface area contributed by atoms with Crippen molar-refractivity contribution in [3.8, 4) is 0 Å². The van der Waals surface area contributed by atoms with Crippen LogP contribution in [0.3, 0.4) is 0 Å². The lowest BCUT2D eigenvalue weighted by Crippen LogP contribution is -2.40. The van der Waals surface area contributed by atoms with Gasteiger partial charge in [-0.15, -0.1) is 0 Å². The van der Waals surface area contributed by atoms with Crippen LogP contribution in [-0.4, -0.2) is 39.1 Å². The number of hydrogen-bond donors (Lipinski definition) is 1. The van der Waals surface area contributed by atoms with Gasteiger partial charge in [0.05, 0.1) is 11.5 Å². The van der Waals surface area contributed by atoms with Crippen molar-refractivity contribution in [2.45, 2.75) is 25.4 Å². The van der Waals surface area contributed by atoms with E-state index in [1.54, 1.807) is 0 Å². The van der Waals surface area contributed by atoms with Gasteiger partial charge in [-0.3, -0.25) is 0 Å². The minimum Gasteiger partial charge on any atom is -0.369 e. The maximum absolute atomic E-state index is 11.4. The fourth-order valence-corrected chi connectivity index (χ4v) is 3.55. The van der Waals surface area contributed by atoms with Gasteiger partial charge in [-0.2, -0.15) is 0 Å². The summed E-state index contributed by atoms with van der Waals surface area (Å²) in [6.45, 7) is 2.16. The summed E-state index contributed by atoms with van der Waals surface area (Å²) in [5.74, 6) is 0.552. The van der Waals surface area contributed by atoms with Gasteiger partial charge in [0.1, 0.15) is 0 Å². The second-order valence-corrected chi connectivity index (χ2v) is 7.76. The maximum Gasteiger partial charge on any atom is 0.153 e. The molecule has 0 radical (unpaired) electrons. The SMILES string of the molecule is O=S1(=O)CCN(c2ccc(CNC3CC3)cc2)CC1. The van der Waals surface area contributed by atoms with Gasteiger partial charge < -0.3 is 10.2 Å². The van der Waals surface area contributed by atoms with Crippen LogP contribution in [0.25, 0.3) is 0 Å². The number of rotatable bonds is 4. The van der Waals surface area contributed by atoms with Gasteiger partial charge >= 0.3 is 0 Å². The van der Waals surface area contributed by atoms with Crippen molar-refractivity contribution < 1.29 is 8.42 Å². The second kappa shape index (κ2) is 5.13. The van der Waals surface area contributed by atoms with Gasteiger partial charge in [-0.25, -0.2) is 8.42 Å². The van der Waals surface area contributed by atoms with Crippen LogP contribution in [0.2, 0.25) is 0 Å². The summed E-state index contributed by atoms with van der Waals surface area (Å²) in [5, 5.41) is 3.49. The first kappa shape index (κ1) is 12.9. The first-order chi connectivity index (χ1) is 9.12. The van der Waals surface area contributed by atoms with Crippen LogP contribution in [0.1, 0.15) is 18.4 Å². The Hall–Kier alpha value is -1.07. The number of nitrogens with zero attached hydrogens (tertiary/aromatic N) is 1. The summed E-state index contributed by atoms with van der Waals surface area (Å²) >= 11 is 0. The van der Waals surface area contributed by atoms with E-state index in [0.717, 1.165) is 18.3 Å². The Morgan fingerprint density at radius 2 is 1.74 bits per heavy atom. The van der Waals surface area contributed by atoms with Gasteiger partial charge in [0, 0.05) is 31.4 Å². The van der Waals surface area contributed by atoms with E-state index in [0.29, 0.717) is 13.1 Å². The molecule has 1 heterocycles. The van der Waals surface area contributed by atoms with Crippen molar-refractivity contribution in [1.82, 2.24) is 5.32 Å². The summed E-state index contributed by atoms with van der Waals surface area (Å²) < 4.78 is 22.8. The normalized spacial score (nSPS) is 22.4. The molecule has 0 unspecified atom stereocenters. The van der Waals surface area contributed by atoms with Crippen molar-refractivity contribution >= 4 is 15.5 Å². The standard InChI is InChI=1S/C14H20N2O2S/c17-19(18)9-7-16(8-10-19)14-5-1-12(2-6-14)11-15-13-3-4-13/h1-2,5-6,13,15H,3-4,7-11H2. The lowest BCUT2D eigenvalue weighted by Gasteiger charge is -2.28. The molecule has 4 nitrogen and oxygen atoms in total. The van der Waals surface area contributed by atoms with Gasteiger partial charge in [0.25, 0.3) is 0 Å². The van der Waals surface area contributed by atoms with E-state index >= 15 is 0 Å². The quantitative estimate of drug-likeness (QED) is 0.899. The van der Waals surface area contributed by atoms with Gasteiger partial charge in [0.2, 0.25) is 0 Å². The average Bonchev–Trinajstić information content (AvgIpc) is 3.21. The lowest BCUT2D eigenvalue weighted by molar-refractivity contribution is 0.587. The molecule has 2 fully saturated rings. The van der Waals surface area contributed by atoms with Crippen molar-refractivity contribution in [3.63, 3.8) is 0 Å². The average molecular weight is 280 g/mol. The van der Waals surface area contributed by atoms with E-state index in [-0.39, 0.29) is 11.5 Å². The van der Waals surface area contributed by atoms with E-state index < -0.39 is 9.84 Å². The Bertz CT molecular complexity index is 521. The zero-order chi connectivity index (χ0) is 13.3. The topological polar surface area (TPSA) is 49.4 Å². The Kier molecular flexibility index (Phi) is 3.50. The fraction of sp³-hybridized carbons (Fsp3) is 0.571. The predicted molar refractivity (Wildman–Crippen MR) is 77.2 cm³/mol. The number of sulfone groups is 1. The van der Waals surface area contributed by atoms with E-state index in [1.165, 1.54) is 18.4 Å². The highest BCUT2D eigenvalue weighted by Gasteiger charge is 2.22. The van der Waals surface area contributed by atoms with E-state index in [4.69, 9.17) is 0 Å². The molecule has 1 N–H and O–H groups in total. The van der Waals surface area contributed by atoms with E-state index in [2.05, 4.69) is 34.5 Å². The third kappa shape index (κ3) is 3.48. The molecule has 5 heteroatoms. The summed E-state index contributed by atoms with van der Waals surface area (Å²) in [7, 11) is -2.79. The molecule has 104 valence electrons. The molecule has 3 rings (SSSR count). The molecule has 0 amide bonds. The molecular weight excluding hydrogens is 260 g/mol.